The fourth-order valence-electron chi connectivity index (χ4n) is 3.67. The van der Waals surface area contributed by atoms with E-state index in [0.717, 1.165) is 19.8 Å². The van der Waals surface area contributed by atoms with Crippen molar-refractivity contribution in [2.24, 2.45) is 5.41 Å². The predicted molar refractivity (Wildman–Crippen MR) is 85.1 cm³/mol. The van der Waals surface area contributed by atoms with Gasteiger partial charge < -0.3 is 15.0 Å². The minimum Gasteiger partial charge on any atom is -0.380 e. The standard InChI is InChI=1S/C17H34N2O/c1-16(2,3)18-13-17(9-6-5-7-10-17)14-19(4)15-8-11-20-12-15/h15,18H,5-14H2,1-4H3. The zero-order valence-corrected chi connectivity index (χ0v) is 14.0. The monoisotopic (exact) mass is 282 g/mol. The Labute approximate surface area is 125 Å². The number of hydrogen-bond donors (Lipinski definition) is 1. The molecule has 118 valence electrons. The number of rotatable bonds is 5. The van der Waals surface area contributed by atoms with Gasteiger partial charge in [-0.3, -0.25) is 0 Å². The molecule has 0 amide bonds. The molecule has 0 aromatic rings. The van der Waals surface area contributed by atoms with Crippen LogP contribution in [0.1, 0.15) is 59.3 Å². The van der Waals surface area contributed by atoms with Crippen LogP contribution in [-0.2, 0) is 4.74 Å². The summed E-state index contributed by atoms with van der Waals surface area (Å²) in [6.07, 6.45) is 8.20. The molecule has 1 aliphatic carbocycles. The fraction of sp³-hybridized carbons (Fsp3) is 1.00. The molecule has 2 aliphatic rings. The van der Waals surface area contributed by atoms with E-state index in [2.05, 4.69) is 38.0 Å². The van der Waals surface area contributed by atoms with Crippen LogP contribution in [0.3, 0.4) is 0 Å². The van der Waals surface area contributed by atoms with Crippen molar-refractivity contribution in [3.8, 4) is 0 Å². The second-order valence-electron chi connectivity index (χ2n) is 8.10. The maximum absolute atomic E-state index is 5.56. The lowest BCUT2D eigenvalue weighted by Crippen LogP contribution is -2.50. The van der Waals surface area contributed by atoms with E-state index in [-0.39, 0.29) is 5.54 Å². The molecule has 2 fully saturated rings. The Bertz CT molecular complexity index is 286. The molecule has 1 atom stereocenters. The van der Waals surface area contributed by atoms with E-state index in [1.54, 1.807) is 0 Å². The highest BCUT2D eigenvalue weighted by molar-refractivity contribution is 4.91. The van der Waals surface area contributed by atoms with E-state index in [4.69, 9.17) is 4.74 Å². The maximum atomic E-state index is 5.56. The smallest absolute Gasteiger partial charge is 0.0622 e. The molecular weight excluding hydrogens is 248 g/mol. The molecule has 1 aliphatic heterocycles. The van der Waals surface area contributed by atoms with Gasteiger partial charge in [-0.1, -0.05) is 19.3 Å². The van der Waals surface area contributed by atoms with Crippen LogP contribution < -0.4 is 5.32 Å². The van der Waals surface area contributed by atoms with E-state index in [9.17, 15) is 0 Å². The van der Waals surface area contributed by atoms with Crippen LogP contribution >= 0.6 is 0 Å². The van der Waals surface area contributed by atoms with Crippen molar-refractivity contribution in [2.45, 2.75) is 70.9 Å². The minimum atomic E-state index is 0.222. The van der Waals surface area contributed by atoms with Gasteiger partial charge in [-0.15, -0.1) is 0 Å². The van der Waals surface area contributed by atoms with Gasteiger partial charge in [0.05, 0.1) is 6.61 Å². The molecule has 1 saturated carbocycles. The van der Waals surface area contributed by atoms with Gasteiger partial charge in [-0.2, -0.15) is 0 Å². The van der Waals surface area contributed by atoms with E-state index in [1.807, 2.05) is 0 Å². The van der Waals surface area contributed by atoms with Gasteiger partial charge in [0.25, 0.3) is 0 Å². The predicted octanol–water partition coefficient (Wildman–Crippen LogP) is 3.05. The molecule has 2 rings (SSSR count). The molecule has 1 unspecified atom stereocenters. The summed E-state index contributed by atoms with van der Waals surface area (Å²) < 4.78 is 5.56. The molecule has 0 spiro atoms. The SMILES string of the molecule is CN(CC1(CNC(C)(C)C)CCCCC1)C1CCOC1. The van der Waals surface area contributed by atoms with Gasteiger partial charge in [-0.25, -0.2) is 0 Å². The lowest BCUT2D eigenvalue weighted by atomic mass is 9.73. The zero-order valence-electron chi connectivity index (χ0n) is 14.0. The van der Waals surface area contributed by atoms with Gasteiger partial charge in [0.1, 0.15) is 0 Å². The summed E-state index contributed by atoms with van der Waals surface area (Å²) in [4.78, 5) is 2.57. The first kappa shape index (κ1) is 16.3. The number of likely N-dealkylation sites (N-methyl/N-ethyl adjacent to an activating group) is 1. The first-order chi connectivity index (χ1) is 9.40. The topological polar surface area (TPSA) is 24.5 Å². The third-order valence-corrected chi connectivity index (χ3v) is 5.02. The molecule has 20 heavy (non-hydrogen) atoms. The normalized spacial score (nSPS) is 27.1. The molecule has 1 heterocycles. The van der Waals surface area contributed by atoms with E-state index >= 15 is 0 Å². The van der Waals surface area contributed by atoms with Crippen LogP contribution in [0.15, 0.2) is 0 Å². The first-order valence-electron chi connectivity index (χ1n) is 8.43. The molecule has 0 bridgehead atoms. The summed E-state index contributed by atoms with van der Waals surface area (Å²) in [5, 5.41) is 3.77. The number of nitrogens with one attached hydrogen (secondary N) is 1. The van der Waals surface area contributed by atoms with Gasteiger partial charge >= 0.3 is 0 Å². The first-order valence-corrected chi connectivity index (χ1v) is 8.43. The molecule has 0 aromatic heterocycles. The van der Waals surface area contributed by atoms with Crippen molar-refractivity contribution >= 4 is 0 Å². The van der Waals surface area contributed by atoms with Crippen LogP contribution in [-0.4, -0.2) is 49.8 Å². The average molecular weight is 282 g/mol. The van der Waals surface area contributed by atoms with Crippen molar-refractivity contribution in [2.75, 3.05) is 33.4 Å². The Kier molecular flexibility index (Phi) is 5.49. The van der Waals surface area contributed by atoms with Crippen molar-refractivity contribution < 1.29 is 4.74 Å². The van der Waals surface area contributed by atoms with Crippen LogP contribution in [0.4, 0.5) is 0 Å². The molecule has 0 aromatic carbocycles. The van der Waals surface area contributed by atoms with E-state index in [1.165, 1.54) is 45.1 Å². The second kappa shape index (κ2) is 6.76. The maximum Gasteiger partial charge on any atom is 0.0622 e. The highest BCUT2D eigenvalue weighted by atomic mass is 16.5. The molecule has 1 N–H and O–H groups in total. The van der Waals surface area contributed by atoms with E-state index < -0.39 is 0 Å². The number of nitrogens with zero attached hydrogens (tertiary/aromatic N) is 1. The molecule has 3 nitrogen and oxygen atoms in total. The van der Waals surface area contributed by atoms with Crippen molar-refractivity contribution in [3.63, 3.8) is 0 Å². The fourth-order valence-corrected chi connectivity index (χ4v) is 3.67. The molecule has 3 heteroatoms. The van der Waals surface area contributed by atoms with Crippen molar-refractivity contribution in [1.29, 1.82) is 0 Å². The highest BCUT2D eigenvalue weighted by Gasteiger charge is 2.35. The van der Waals surface area contributed by atoms with Gasteiger partial charge in [-0.05, 0) is 52.5 Å². The molecule has 1 saturated heterocycles. The highest BCUT2D eigenvalue weighted by Crippen LogP contribution is 2.37. The third kappa shape index (κ3) is 4.71. The minimum absolute atomic E-state index is 0.222. The van der Waals surface area contributed by atoms with Gasteiger partial charge in [0.2, 0.25) is 0 Å². The van der Waals surface area contributed by atoms with Gasteiger partial charge in [0, 0.05) is 31.3 Å². The quantitative estimate of drug-likeness (QED) is 0.839. The van der Waals surface area contributed by atoms with Crippen molar-refractivity contribution in [3.05, 3.63) is 0 Å². The zero-order chi connectivity index (χ0) is 14.6. The van der Waals surface area contributed by atoms with Crippen LogP contribution in [0, 0.1) is 5.41 Å². The molecule has 0 radical (unpaired) electrons. The lowest BCUT2D eigenvalue weighted by Gasteiger charge is -2.43. The number of ether oxygens (including phenoxy) is 1. The summed E-state index contributed by atoms with van der Waals surface area (Å²) in [7, 11) is 2.30. The Morgan fingerprint density at radius 1 is 1.20 bits per heavy atom. The third-order valence-electron chi connectivity index (χ3n) is 5.02. The summed E-state index contributed by atoms with van der Waals surface area (Å²) in [5.74, 6) is 0. The van der Waals surface area contributed by atoms with Gasteiger partial charge in [0.15, 0.2) is 0 Å². The Morgan fingerprint density at radius 3 is 2.45 bits per heavy atom. The summed E-state index contributed by atoms with van der Waals surface area (Å²) in [5.41, 5.74) is 0.697. The van der Waals surface area contributed by atoms with Crippen LogP contribution in [0.2, 0.25) is 0 Å². The van der Waals surface area contributed by atoms with Crippen LogP contribution in [0.25, 0.3) is 0 Å². The second-order valence-corrected chi connectivity index (χ2v) is 8.10. The summed E-state index contributed by atoms with van der Waals surface area (Å²) >= 11 is 0. The summed E-state index contributed by atoms with van der Waals surface area (Å²) in [6, 6.07) is 0.642. The Morgan fingerprint density at radius 2 is 1.90 bits per heavy atom. The largest absolute Gasteiger partial charge is 0.380 e. The van der Waals surface area contributed by atoms with Crippen molar-refractivity contribution in [1.82, 2.24) is 10.2 Å². The van der Waals surface area contributed by atoms with E-state index in [0.29, 0.717) is 11.5 Å². The van der Waals surface area contributed by atoms with Crippen LogP contribution in [0.5, 0.6) is 0 Å². The Balaban J connectivity index is 1.94. The number of hydrogen-bond acceptors (Lipinski definition) is 3. The lowest BCUT2D eigenvalue weighted by molar-refractivity contribution is 0.0790. The Hall–Kier alpha value is -0.120. The average Bonchev–Trinajstić information content (AvgIpc) is 2.91. The molecular formula is C17H34N2O. The summed E-state index contributed by atoms with van der Waals surface area (Å²) in [6.45, 7) is 11.1.